The SMILES string of the molecule is Cc1ccc(-n2c(CNc3ccccc3)nnc2SCC(=O)Nc2nccs2)cc1. The van der Waals surface area contributed by atoms with E-state index < -0.39 is 0 Å². The Labute approximate surface area is 182 Å². The molecule has 0 fully saturated rings. The minimum Gasteiger partial charge on any atom is -0.378 e. The standard InChI is InChI=1S/C21H20N6OS2/c1-15-7-9-17(10-8-15)27-18(13-23-16-5-3-2-4-6-16)25-26-21(27)30-14-19(28)24-20-22-11-12-29-20/h2-12,23H,13-14H2,1H3,(H,22,24,28). The smallest absolute Gasteiger partial charge is 0.236 e. The molecule has 0 radical (unpaired) electrons. The fourth-order valence-electron chi connectivity index (χ4n) is 2.77. The number of hydrogen-bond donors (Lipinski definition) is 2. The third-order valence-corrected chi connectivity index (χ3v) is 5.85. The Morgan fingerprint density at radius 2 is 1.90 bits per heavy atom. The molecule has 0 unspecified atom stereocenters. The Kier molecular flexibility index (Phi) is 6.41. The monoisotopic (exact) mass is 436 g/mol. The van der Waals surface area contributed by atoms with E-state index in [1.165, 1.54) is 28.7 Å². The van der Waals surface area contributed by atoms with E-state index >= 15 is 0 Å². The molecule has 0 bridgehead atoms. The lowest BCUT2D eigenvalue weighted by Crippen LogP contribution is -2.14. The van der Waals surface area contributed by atoms with Gasteiger partial charge in [-0.05, 0) is 31.2 Å². The van der Waals surface area contributed by atoms with Crippen LogP contribution in [0.5, 0.6) is 0 Å². The minimum absolute atomic E-state index is 0.127. The molecule has 0 aliphatic heterocycles. The summed E-state index contributed by atoms with van der Waals surface area (Å²) in [6.45, 7) is 2.56. The maximum Gasteiger partial charge on any atom is 0.236 e. The van der Waals surface area contributed by atoms with Crippen molar-refractivity contribution in [2.24, 2.45) is 0 Å². The van der Waals surface area contributed by atoms with Crippen LogP contribution in [0.2, 0.25) is 0 Å². The van der Waals surface area contributed by atoms with Gasteiger partial charge in [0.15, 0.2) is 16.1 Å². The molecule has 30 heavy (non-hydrogen) atoms. The second-order valence-corrected chi connectivity index (χ2v) is 8.30. The quantitative estimate of drug-likeness (QED) is 0.399. The lowest BCUT2D eigenvalue weighted by Gasteiger charge is -2.12. The summed E-state index contributed by atoms with van der Waals surface area (Å²) >= 11 is 2.73. The molecule has 2 N–H and O–H groups in total. The highest BCUT2D eigenvalue weighted by Crippen LogP contribution is 2.23. The maximum atomic E-state index is 12.3. The third-order valence-electron chi connectivity index (χ3n) is 4.23. The number of thiazole rings is 1. The Hall–Kier alpha value is -3.17. The second kappa shape index (κ2) is 9.55. The van der Waals surface area contributed by atoms with Gasteiger partial charge in [-0.15, -0.1) is 21.5 Å². The summed E-state index contributed by atoms with van der Waals surface area (Å²) in [6, 6.07) is 18.1. The van der Waals surface area contributed by atoms with Gasteiger partial charge in [-0.3, -0.25) is 9.36 Å². The summed E-state index contributed by atoms with van der Waals surface area (Å²) in [6.07, 6.45) is 1.66. The van der Waals surface area contributed by atoms with Gasteiger partial charge in [0.2, 0.25) is 5.91 Å². The molecule has 0 saturated carbocycles. The lowest BCUT2D eigenvalue weighted by atomic mass is 10.2. The lowest BCUT2D eigenvalue weighted by molar-refractivity contribution is -0.113. The van der Waals surface area contributed by atoms with E-state index in [2.05, 4.69) is 25.8 Å². The number of hydrogen-bond acceptors (Lipinski definition) is 7. The largest absolute Gasteiger partial charge is 0.378 e. The highest BCUT2D eigenvalue weighted by Gasteiger charge is 2.16. The van der Waals surface area contributed by atoms with Gasteiger partial charge in [-0.2, -0.15) is 0 Å². The van der Waals surface area contributed by atoms with E-state index in [4.69, 9.17) is 0 Å². The zero-order valence-electron chi connectivity index (χ0n) is 16.3. The topological polar surface area (TPSA) is 84.7 Å². The molecule has 7 nitrogen and oxygen atoms in total. The number of thioether (sulfide) groups is 1. The summed E-state index contributed by atoms with van der Waals surface area (Å²) in [4.78, 5) is 16.3. The van der Waals surface area contributed by atoms with E-state index in [-0.39, 0.29) is 11.7 Å². The van der Waals surface area contributed by atoms with Crippen LogP contribution in [-0.2, 0) is 11.3 Å². The van der Waals surface area contributed by atoms with E-state index in [1.807, 2.05) is 71.5 Å². The van der Waals surface area contributed by atoms with Crippen LogP contribution in [0.1, 0.15) is 11.4 Å². The minimum atomic E-state index is -0.127. The number of aryl methyl sites for hydroxylation is 1. The van der Waals surface area contributed by atoms with Crippen molar-refractivity contribution in [2.75, 3.05) is 16.4 Å². The van der Waals surface area contributed by atoms with Gasteiger partial charge in [0.05, 0.1) is 12.3 Å². The number of nitrogens with zero attached hydrogens (tertiary/aromatic N) is 4. The Morgan fingerprint density at radius 3 is 2.63 bits per heavy atom. The molecule has 2 heterocycles. The second-order valence-electron chi connectivity index (χ2n) is 6.46. The maximum absolute atomic E-state index is 12.3. The van der Waals surface area contributed by atoms with E-state index in [9.17, 15) is 4.79 Å². The first-order valence-electron chi connectivity index (χ1n) is 9.31. The summed E-state index contributed by atoms with van der Waals surface area (Å²) in [7, 11) is 0. The average Bonchev–Trinajstić information content (AvgIpc) is 3.42. The Balaban J connectivity index is 1.52. The van der Waals surface area contributed by atoms with Crippen LogP contribution in [0.3, 0.4) is 0 Å². The van der Waals surface area contributed by atoms with Gasteiger partial charge in [-0.1, -0.05) is 47.7 Å². The Bertz CT molecular complexity index is 1090. The molecule has 0 spiro atoms. The fourth-order valence-corrected chi connectivity index (χ4v) is 4.09. The summed E-state index contributed by atoms with van der Waals surface area (Å²) in [5.41, 5.74) is 3.14. The third kappa shape index (κ3) is 5.05. The number of carbonyl (C=O) groups excluding carboxylic acids is 1. The highest BCUT2D eigenvalue weighted by atomic mass is 32.2. The van der Waals surface area contributed by atoms with Crippen molar-refractivity contribution < 1.29 is 4.79 Å². The van der Waals surface area contributed by atoms with Crippen molar-refractivity contribution >= 4 is 39.8 Å². The van der Waals surface area contributed by atoms with Crippen molar-refractivity contribution in [3.8, 4) is 5.69 Å². The number of rotatable bonds is 8. The molecule has 2 aromatic heterocycles. The highest BCUT2D eigenvalue weighted by molar-refractivity contribution is 7.99. The molecular formula is C21H20N6OS2. The van der Waals surface area contributed by atoms with Crippen molar-refractivity contribution in [1.29, 1.82) is 0 Å². The zero-order valence-corrected chi connectivity index (χ0v) is 17.9. The molecule has 0 aliphatic carbocycles. The first-order valence-corrected chi connectivity index (χ1v) is 11.2. The van der Waals surface area contributed by atoms with Gasteiger partial charge >= 0.3 is 0 Å². The van der Waals surface area contributed by atoms with Crippen LogP contribution in [0.25, 0.3) is 5.69 Å². The predicted molar refractivity (Wildman–Crippen MR) is 121 cm³/mol. The van der Waals surface area contributed by atoms with Crippen LogP contribution in [0.15, 0.2) is 71.3 Å². The van der Waals surface area contributed by atoms with Crippen LogP contribution in [0.4, 0.5) is 10.8 Å². The number of anilines is 2. The molecule has 0 atom stereocenters. The van der Waals surface area contributed by atoms with Crippen molar-refractivity contribution in [3.05, 3.63) is 77.6 Å². The van der Waals surface area contributed by atoms with Crippen molar-refractivity contribution in [2.45, 2.75) is 18.6 Å². The van der Waals surface area contributed by atoms with Crippen molar-refractivity contribution in [1.82, 2.24) is 19.7 Å². The first kappa shape index (κ1) is 20.1. The molecule has 4 rings (SSSR count). The van der Waals surface area contributed by atoms with Gasteiger partial charge in [-0.25, -0.2) is 4.98 Å². The molecule has 152 valence electrons. The molecule has 0 aliphatic rings. The fraction of sp³-hybridized carbons (Fsp3) is 0.143. The number of benzene rings is 2. The van der Waals surface area contributed by atoms with Gasteiger partial charge in [0.25, 0.3) is 0 Å². The molecule has 2 aromatic carbocycles. The molecule has 1 amide bonds. The number of nitrogens with one attached hydrogen (secondary N) is 2. The zero-order chi connectivity index (χ0) is 20.8. The summed E-state index contributed by atoms with van der Waals surface area (Å²) in [5, 5.41) is 18.0. The van der Waals surface area contributed by atoms with E-state index in [0.29, 0.717) is 16.8 Å². The average molecular weight is 437 g/mol. The van der Waals surface area contributed by atoms with Crippen LogP contribution >= 0.6 is 23.1 Å². The molecular weight excluding hydrogens is 416 g/mol. The van der Waals surface area contributed by atoms with Crippen molar-refractivity contribution in [3.63, 3.8) is 0 Å². The number of carbonyl (C=O) groups is 1. The first-order chi connectivity index (χ1) is 14.7. The number of aromatic nitrogens is 4. The molecule has 0 saturated heterocycles. The number of amides is 1. The van der Waals surface area contributed by atoms with Gasteiger partial charge in [0, 0.05) is 23.0 Å². The summed E-state index contributed by atoms with van der Waals surface area (Å²) in [5.74, 6) is 0.860. The van der Waals surface area contributed by atoms with Crippen LogP contribution in [0, 0.1) is 6.92 Å². The van der Waals surface area contributed by atoms with E-state index in [0.717, 1.165) is 17.2 Å². The molecule has 9 heteroatoms. The van der Waals surface area contributed by atoms with E-state index in [1.54, 1.807) is 6.20 Å². The Morgan fingerprint density at radius 1 is 1.10 bits per heavy atom. The van der Waals surface area contributed by atoms with Crippen LogP contribution < -0.4 is 10.6 Å². The normalized spacial score (nSPS) is 10.7. The number of para-hydroxylation sites is 1. The van der Waals surface area contributed by atoms with Gasteiger partial charge in [0.1, 0.15) is 0 Å². The summed E-state index contributed by atoms with van der Waals surface area (Å²) < 4.78 is 1.98. The van der Waals surface area contributed by atoms with Gasteiger partial charge < -0.3 is 10.6 Å². The molecule has 4 aromatic rings. The predicted octanol–water partition coefficient (Wildman–Crippen LogP) is 4.38. The van der Waals surface area contributed by atoms with Crippen LogP contribution in [-0.4, -0.2) is 31.4 Å².